The number of likely N-dealkylation sites (tertiary alicyclic amines) is 1. The van der Waals surface area contributed by atoms with Gasteiger partial charge in [-0.3, -0.25) is 4.79 Å². The van der Waals surface area contributed by atoms with Gasteiger partial charge in [-0.2, -0.15) is 0 Å². The van der Waals surface area contributed by atoms with Gasteiger partial charge in [0.25, 0.3) is 5.91 Å². The number of piperidine rings is 1. The molecule has 1 saturated heterocycles. The molecule has 0 aliphatic carbocycles. The molecule has 6 nitrogen and oxygen atoms in total. The fraction of sp³-hybridized carbons (Fsp3) is 0.579. The van der Waals surface area contributed by atoms with Gasteiger partial charge in [-0.1, -0.05) is 6.58 Å². The zero-order chi connectivity index (χ0) is 18.1. The Morgan fingerprint density at radius 3 is 2.80 bits per heavy atom. The molecule has 0 radical (unpaired) electrons. The maximum Gasteiger partial charge on any atom is 0.252 e. The summed E-state index contributed by atoms with van der Waals surface area (Å²) in [7, 11) is 0. The van der Waals surface area contributed by atoms with Gasteiger partial charge in [0.2, 0.25) is 5.88 Å². The minimum atomic E-state index is -0.241. The lowest BCUT2D eigenvalue weighted by Gasteiger charge is -2.33. The Morgan fingerprint density at radius 1 is 1.44 bits per heavy atom. The molecule has 1 fully saturated rings. The highest BCUT2D eigenvalue weighted by molar-refractivity contribution is 5.93. The number of ether oxygens (including phenoxy) is 1. The van der Waals surface area contributed by atoms with Gasteiger partial charge in [0.1, 0.15) is 0 Å². The first kappa shape index (κ1) is 19.2. The highest BCUT2D eigenvalue weighted by atomic mass is 16.5. The van der Waals surface area contributed by atoms with Crippen molar-refractivity contribution < 1.29 is 14.6 Å². The van der Waals surface area contributed by atoms with Crippen molar-refractivity contribution >= 4 is 5.91 Å². The number of amides is 1. The minimum Gasteiger partial charge on any atom is -0.478 e. The van der Waals surface area contributed by atoms with Crippen LogP contribution in [0.15, 0.2) is 30.6 Å². The number of carbonyl (C=O) groups excluding carboxylic acids is 1. The summed E-state index contributed by atoms with van der Waals surface area (Å²) in [6, 6.07) is 3.39. The lowest BCUT2D eigenvalue weighted by Crippen LogP contribution is -2.32. The van der Waals surface area contributed by atoms with Crippen LogP contribution in [-0.4, -0.2) is 53.7 Å². The molecule has 25 heavy (non-hydrogen) atoms. The molecule has 0 atom stereocenters. The summed E-state index contributed by atoms with van der Waals surface area (Å²) in [5, 5.41) is 11.3. The first-order chi connectivity index (χ1) is 12.1. The number of rotatable bonds is 9. The SMILES string of the molecule is C=C(C)N1CCC(CCCOc2ccc(C(=O)NCCO)cn2)CC1. The van der Waals surface area contributed by atoms with Crippen molar-refractivity contribution in [1.82, 2.24) is 15.2 Å². The minimum absolute atomic E-state index is 0.0768. The molecule has 1 aromatic heterocycles. The van der Waals surface area contributed by atoms with E-state index in [9.17, 15) is 4.79 Å². The second-order valence-corrected chi connectivity index (χ2v) is 6.52. The summed E-state index contributed by atoms with van der Waals surface area (Å²) in [5.74, 6) is 1.06. The zero-order valence-corrected chi connectivity index (χ0v) is 15.0. The van der Waals surface area contributed by atoms with E-state index in [-0.39, 0.29) is 19.1 Å². The average molecular weight is 347 g/mol. The van der Waals surface area contributed by atoms with E-state index >= 15 is 0 Å². The summed E-state index contributed by atoms with van der Waals surface area (Å²) < 4.78 is 5.66. The molecule has 138 valence electrons. The van der Waals surface area contributed by atoms with E-state index in [2.05, 4.69) is 28.7 Å². The Hall–Kier alpha value is -2.08. The third-order valence-electron chi connectivity index (χ3n) is 4.56. The Kier molecular flexibility index (Phi) is 7.73. The molecule has 2 heterocycles. The fourth-order valence-corrected chi connectivity index (χ4v) is 3.02. The standard InChI is InChI=1S/C19H29N3O3/c1-15(2)22-10-7-16(8-11-22)4-3-13-25-18-6-5-17(14-21-18)19(24)20-9-12-23/h5-6,14,16,23H,1,3-4,7-13H2,2H3,(H,20,24). The second-order valence-electron chi connectivity index (χ2n) is 6.52. The molecule has 1 aliphatic heterocycles. The molecular formula is C19H29N3O3. The van der Waals surface area contributed by atoms with Crippen molar-refractivity contribution in [3.63, 3.8) is 0 Å². The summed E-state index contributed by atoms with van der Waals surface area (Å²) in [6.07, 6.45) is 6.13. The Bertz CT molecular complexity index is 552. The van der Waals surface area contributed by atoms with E-state index in [0.717, 1.165) is 25.4 Å². The number of aliphatic hydroxyl groups excluding tert-OH is 1. The van der Waals surface area contributed by atoms with Crippen LogP contribution in [0, 0.1) is 5.92 Å². The highest BCUT2D eigenvalue weighted by Crippen LogP contribution is 2.23. The summed E-state index contributed by atoms with van der Waals surface area (Å²) in [6.45, 7) is 9.11. The molecular weight excluding hydrogens is 318 g/mol. The van der Waals surface area contributed by atoms with Crippen LogP contribution in [0.5, 0.6) is 5.88 Å². The van der Waals surface area contributed by atoms with E-state index in [4.69, 9.17) is 9.84 Å². The molecule has 1 aromatic rings. The van der Waals surface area contributed by atoms with Crippen LogP contribution < -0.4 is 10.1 Å². The molecule has 0 aromatic carbocycles. The van der Waals surface area contributed by atoms with Gasteiger partial charge in [0.05, 0.1) is 18.8 Å². The third kappa shape index (κ3) is 6.38. The fourth-order valence-electron chi connectivity index (χ4n) is 3.02. The largest absolute Gasteiger partial charge is 0.478 e. The third-order valence-corrected chi connectivity index (χ3v) is 4.56. The number of hydrogen-bond donors (Lipinski definition) is 2. The normalized spacial score (nSPS) is 15.0. The van der Waals surface area contributed by atoms with Crippen LogP contribution >= 0.6 is 0 Å². The van der Waals surface area contributed by atoms with Crippen LogP contribution in [-0.2, 0) is 0 Å². The molecule has 6 heteroatoms. The average Bonchev–Trinajstić information content (AvgIpc) is 2.64. The van der Waals surface area contributed by atoms with E-state index in [0.29, 0.717) is 18.1 Å². The van der Waals surface area contributed by atoms with Crippen LogP contribution in [0.2, 0.25) is 0 Å². The van der Waals surface area contributed by atoms with Crippen molar-refractivity contribution in [2.75, 3.05) is 32.8 Å². The Balaban J connectivity index is 1.63. The number of aromatic nitrogens is 1. The number of nitrogens with zero attached hydrogens (tertiary/aromatic N) is 2. The number of nitrogens with one attached hydrogen (secondary N) is 1. The number of hydrogen-bond acceptors (Lipinski definition) is 5. The van der Waals surface area contributed by atoms with Gasteiger partial charge in [0, 0.05) is 37.6 Å². The van der Waals surface area contributed by atoms with E-state index < -0.39 is 0 Å². The first-order valence-corrected chi connectivity index (χ1v) is 8.98. The maximum absolute atomic E-state index is 11.7. The van der Waals surface area contributed by atoms with E-state index in [1.54, 1.807) is 12.1 Å². The number of pyridine rings is 1. The summed E-state index contributed by atoms with van der Waals surface area (Å²) >= 11 is 0. The van der Waals surface area contributed by atoms with Crippen molar-refractivity contribution in [1.29, 1.82) is 0 Å². The highest BCUT2D eigenvalue weighted by Gasteiger charge is 2.18. The van der Waals surface area contributed by atoms with Crippen molar-refractivity contribution in [3.8, 4) is 5.88 Å². The Labute approximate surface area is 149 Å². The van der Waals surface area contributed by atoms with Crippen LogP contribution in [0.3, 0.4) is 0 Å². The predicted molar refractivity (Wildman–Crippen MR) is 97.5 cm³/mol. The van der Waals surface area contributed by atoms with Gasteiger partial charge in [-0.25, -0.2) is 4.98 Å². The quantitative estimate of drug-likeness (QED) is 0.670. The number of allylic oxidation sites excluding steroid dienone is 1. The van der Waals surface area contributed by atoms with Gasteiger partial charge >= 0.3 is 0 Å². The van der Waals surface area contributed by atoms with Gasteiger partial charge < -0.3 is 20.1 Å². The van der Waals surface area contributed by atoms with Gasteiger partial charge in [-0.15, -0.1) is 0 Å². The molecule has 2 N–H and O–H groups in total. The lowest BCUT2D eigenvalue weighted by molar-refractivity contribution is 0.0944. The zero-order valence-electron chi connectivity index (χ0n) is 15.0. The van der Waals surface area contributed by atoms with Gasteiger partial charge in [-0.05, 0) is 44.6 Å². The molecule has 0 bridgehead atoms. The second kappa shape index (κ2) is 10.0. The van der Waals surface area contributed by atoms with Crippen LogP contribution in [0.25, 0.3) is 0 Å². The topological polar surface area (TPSA) is 74.7 Å². The molecule has 1 aliphatic rings. The molecule has 0 saturated carbocycles. The number of aliphatic hydroxyl groups is 1. The smallest absolute Gasteiger partial charge is 0.252 e. The summed E-state index contributed by atoms with van der Waals surface area (Å²) in [5.41, 5.74) is 1.63. The van der Waals surface area contributed by atoms with Crippen LogP contribution in [0.4, 0.5) is 0 Å². The van der Waals surface area contributed by atoms with Crippen molar-refractivity contribution in [2.24, 2.45) is 5.92 Å². The molecule has 0 unspecified atom stereocenters. The van der Waals surface area contributed by atoms with Crippen LogP contribution in [0.1, 0.15) is 43.0 Å². The van der Waals surface area contributed by atoms with Crippen molar-refractivity contribution in [2.45, 2.75) is 32.6 Å². The predicted octanol–water partition coefficient (Wildman–Crippen LogP) is 2.21. The number of carbonyl (C=O) groups is 1. The summed E-state index contributed by atoms with van der Waals surface area (Å²) in [4.78, 5) is 18.2. The molecule has 2 rings (SSSR count). The molecule has 1 amide bonds. The Morgan fingerprint density at radius 2 is 2.20 bits per heavy atom. The monoisotopic (exact) mass is 347 g/mol. The van der Waals surface area contributed by atoms with E-state index in [1.807, 2.05) is 0 Å². The molecule has 0 spiro atoms. The van der Waals surface area contributed by atoms with Crippen molar-refractivity contribution in [3.05, 3.63) is 36.2 Å². The lowest BCUT2D eigenvalue weighted by atomic mass is 9.92. The maximum atomic E-state index is 11.7. The van der Waals surface area contributed by atoms with Gasteiger partial charge in [0.15, 0.2) is 0 Å². The first-order valence-electron chi connectivity index (χ1n) is 8.98. The van der Waals surface area contributed by atoms with E-state index in [1.165, 1.54) is 31.2 Å².